The molecule has 0 aliphatic rings. The molecule has 0 spiro atoms. The van der Waals surface area contributed by atoms with Crippen LogP contribution in [0.5, 0.6) is 11.6 Å². The van der Waals surface area contributed by atoms with E-state index < -0.39 is 15.8 Å². The zero-order valence-corrected chi connectivity index (χ0v) is 11.2. The van der Waals surface area contributed by atoms with Gasteiger partial charge in [0.1, 0.15) is 10.6 Å². The summed E-state index contributed by atoms with van der Waals surface area (Å²) in [6.07, 6.45) is 2.41. The molecule has 0 atom stereocenters. The maximum atomic E-state index is 11.7. The van der Waals surface area contributed by atoms with Crippen molar-refractivity contribution >= 4 is 15.8 Å². The van der Waals surface area contributed by atoms with E-state index in [4.69, 9.17) is 9.84 Å². The van der Waals surface area contributed by atoms with Gasteiger partial charge in [-0.2, -0.15) is 5.10 Å². The summed E-state index contributed by atoms with van der Waals surface area (Å²) in [5.74, 6) is -1.11. The highest BCUT2D eigenvalue weighted by Gasteiger charge is 2.18. The molecular formula is C12H10N2O5S. The topological polar surface area (TPSA) is 106 Å². The van der Waals surface area contributed by atoms with Gasteiger partial charge in [0.25, 0.3) is 0 Å². The molecule has 8 heteroatoms. The van der Waals surface area contributed by atoms with E-state index in [1.165, 1.54) is 24.4 Å². The minimum atomic E-state index is -3.65. The lowest BCUT2D eigenvalue weighted by atomic mass is 10.2. The van der Waals surface area contributed by atoms with Gasteiger partial charge in [0, 0.05) is 18.5 Å². The van der Waals surface area contributed by atoms with E-state index in [0.29, 0.717) is 0 Å². The first-order valence-corrected chi connectivity index (χ1v) is 7.30. The average molecular weight is 294 g/mol. The van der Waals surface area contributed by atoms with Crippen LogP contribution in [0.4, 0.5) is 0 Å². The highest BCUT2D eigenvalue weighted by atomic mass is 32.2. The summed E-state index contributed by atoms with van der Waals surface area (Å²) in [6.45, 7) is 0. The fraction of sp³-hybridized carbons (Fsp3) is 0.0833. The van der Waals surface area contributed by atoms with Crippen LogP contribution in [0.3, 0.4) is 0 Å². The van der Waals surface area contributed by atoms with Gasteiger partial charge < -0.3 is 9.84 Å². The molecule has 0 radical (unpaired) electrons. The number of aromatic nitrogens is 2. The van der Waals surface area contributed by atoms with Crippen LogP contribution in [0.2, 0.25) is 0 Å². The lowest BCUT2D eigenvalue weighted by Crippen LogP contribution is -2.04. The molecule has 0 aliphatic heterocycles. The Hall–Kier alpha value is -2.48. The molecule has 104 valence electrons. The van der Waals surface area contributed by atoms with E-state index in [1.807, 2.05) is 0 Å². The predicted octanol–water partition coefficient (Wildman–Crippen LogP) is 1.37. The molecule has 1 aromatic carbocycles. The number of hydrogen-bond acceptors (Lipinski definition) is 6. The van der Waals surface area contributed by atoms with Gasteiger partial charge in [-0.15, -0.1) is 5.10 Å². The maximum absolute atomic E-state index is 11.7. The monoisotopic (exact) mass is 294 g/mol. The Morgan fingerprint density at radius 2 is 2.05 bits per heavy atom. The standard InChI is InChI=1S/C12H10N2O5S/c1-20(17,18)10-7-8(12(15)16)4-5-9(10)19-11-3-2-6-13-14-11/h2-7H,1H3,(H,15,16). The molecule has 0 saturated heterocycles. The number of carbonyl (C=O) groups is 1. The van der Waals surface area contributed by atoms with Gasteiger partial charge in [0.05, 0.1) is 5.56 Å². The van der Waals surface area contributed by atoms with Gasteiger partial charge in [-0.25, -0.2) is 13.2 Å². The largest absolute Gasteiger partial charge is 0.478 e. The molecule has 20 heavy (non-hydrogen) atoms. The molecule has 1 aromatic heterocycles. The number of carboxylic acids is 1. The second-order valence-corrected chi connectivity index (χ2v) is 5.89. The van der Waals surface area contributed by atoms with Crippen LogP contribution in [-0.2, 0) is 9.84 Å². The van der Waals surface area contributed by atoms with E-state index in [2.05, 4.69) is 10.2 Å². The number of rotatable bonds is 4. The molecule has 2 aromatic rings. The fourth-order valence-electron chi connectivity index (χ4n) is 1.47. The van der Waals surface area contributed by atoms with Crippen LogP contribution in [0.15, 0.2) is 41.4 Å². The second kappa shape index (κ2) is 5.25. The van der Waals surface area contributed by atoms with Crippen molar-refractivity contribution in [3.05, 3.63) is 42.1 Å². The van der Waals surface area contributed by atoms with E-state index in [9.17, 15) is 13.2 Å². The van der Waals surface area contributed by atoms with E-state index in [0.717, 1.165) is 12.3 Å². The Morgan fingerprint density at radius 3 is 2.60 bits per heavy atom. The number of ether oxygens (including phenoxy) is 1. The number of aromatic carboxylic acids is 1. The van der Waals surface area contributed by atoms with Crippen LogP contribution in [0.25, 0.3) is 0 Å². The zero-order valence-electron chi connectivity index (χ0n) is 10.3. The van der Waals surface area contributed by atoms with Gasteiger partial charge in [0.15, 0.2) is 9.84 Å². The summed E-state index contributed by atoms with van der Waals surface area (Å²) in [5.41, 5.74) is -0.142. The van der Waals surface area contributed by atoms with Crippen LogP contribution in [0.1, 0.15) is 10.4 Å². The van der Waals surface area contributed by atoms with Crippen molar-refractivity contribution in [3.63, 3.8) is 0 Å². The molecule has 0 aliphatic carbocycles. The summed E-state index contributed by atoms with van der Waals surface area (Å²) in [6, 6.07) is 6.65. The van der Waals surface area contributed by atoms with Crippen LogP contribution >= 0.6 is 0 Å². The number of carboxylic acid groups (broad SMARTS) is 1. The quantitative estimate of drug-likeness (QED) is 0.907. The number of hydrogen-bond donors (Lipinski definition) is 1. The zero-order chi connectivity index (χ0) is 14.8. The van der Waals surface area contributed by atoms with E-state index in [-0.39, 0.29) is 22.1 Å². The molecule has 7 nitrogen and oxygen atoms in total. The number of nitrogens with zero attached hydrogens (tertiary/aromatic N) is 2. The molecule has 2 rings (SSSR count). The van der Waals surface area contributed by atoms with Crippen molar-refractivity contribution in [1.29, 1.82) is 0 Å². The van der Waals surface area contributed by atoms with Crippen molar-refractivity contribution in [2.75, 3.05) is 6.26 Å². The summed E-state index contributed by atoms with van der Waals surface area (Å²) < 4.78 is 28.7. The summed E-state index contributed by atoms with van der Waals surface area (Å²) in [5, 5.41) is 16.2. The summed E-state index contributed by atoms with van der Waals surface area (Å²) in [4.78, 5) is 10.7. The lowest BCUT2D eigenvalue weighted by molar-refractivity contribution is 0.0696. The van der Waals surface area contributed by atoms with Crippen LogP contribution in [0, 0.1) is 0 Å². The normalized spacial score (nSPS) is 11.1. The summed E-state index contributed by atoms with van der Waals surface area (Å²) in [7, 11) is -3.65. The SMILES string of the molecule is CS(=O)(=O)c1cc(C(=O)O)ccc1Oc1cccnn1. The highest BCUT2D eigenvalue weighted by Crippen LogP contribution is 2.28. The van der Waals surface area contributed by atoms with Gasteiger partial charge >= 0.3 is 5.97 Å². The molecule has 0 unspecified atom stereocenters. The third-order valence-corrected chi connectivity index (χ3v) is 3.47. The lowest BCUT2D eigenvalue weighted by Gasteiger charge is -2.09. The molecule has 0 fully saturated rings. The first-order chi connectivity index (χ1) is 9.38. The molecule has 0 bridgehead atoms. The van der Waals surface area contributed by atoms with Crippen molar-refractivity contribution < 1.29 is 23.1 Å². The fourth-order valence-corrected chi connectivity index (χ4v) is 2.29. The first-order valence-electron chi connectivity index (χ1n) is 5.41. The Bertz CT molecular complexity index is 744. The van der Waals surface area contributed by atoms with Crippen LogP contribution in [-0.4, -0.2) is 35.9 Å². The average Bonchev–Trinajstić information content (AvgIpc) is 2.39. The number of benzene rings is 1. The molecular weight excluding hydrogens is 284 g/mol. The maximum Gasteiger partial charge on any atom is 0.335 e. The predicted molar refractivity (Wildman–Crippen MR) is 68.6 cm³/mol. The van der Waals surface area contributed by atoms with Crippen molar-refractivity contribution in [2.24, 2.45) is 0 Å². The van der Waals surface area contributed by atoms with Crippen molar-refractivity contribution in [3.8, 4) is 11.6 Å². The Kier molecular flexibility index (Phi) is 3.66. The minimum absolute atomic E-state index is 0.00185. The van der Waals surface area contributed by atoms with Gasteiger partial charge in [-0.05, 0) is 24.3 Å². The second-order valence-electron chi connectivity index (χ2n) is 3.90. The van der Waals surface area contributed by atoms with E-state index >= 15 is 0 Å². The Morgan fingerprint density at radius 1 is 1.30 bits per heavy atom. The molecule has 0 amide bonds. The van der Waals surface area contributed by atoms with Gasteiger partial charge in [-0.1, -0.05) is 0 Å². The number of sulfone groups is 1. The Balaban J connectivity index is 2.50. The third-order valence-electron chi connectivity index (χ3n) is 2.35. The van der Waals surface area contributed by atoms with Crippen molar-refractivity contribution in [2.45, 2.75) is 4.90 Å². The third kappa shape index (κ3) is 3.09. The first kappa shape index (κ1) is 13.9. The Labute approximate surface area is 114 Å². The van der Waals surface area contributed by atoms with E-state index in [1.54, 1.807) is 6.07 Å². The van der Waals surface area contributed by atoms with Crippen molar-refractivity contribution in [1.82, 2.24) is 10.2 Å². The molecule has 0 saturated carbocycles. The molecule has 1 heterocycles. The minimum Gasteiger partial charge on any atom is -0.478 e. The van der Waals surface area contributed by atoms with Crippen LogP contribution < -0.4 is 4.74 Å². The smallest absolute Gasteiger partial charge is 0.335 e. The molecule has 1 N–H and O–H groups in total. The van der Waals surface area contributed by atoms with Gasteiger partial charge in [-0.3, -0.25) is 0 Å². The summed E-state index contributed by atoms with van der Waals surface area (Å²) >= 11 is 0. The highest BCUT2D eigenvalue weighted by molar-refractivity contribution is 7.90. The van der Waals surface area contributed by atoms with Gasteiger partial charge in [0.2, 0.25) is 5.88 Å².